The highest BCUT2D eigenvalue weighted by molar-refractivity contribution is 8.00. The van der Waals surface area contributed by atoms with Gasteiger partial charge in [0.25, 0.3) is 0 Å². The van der Waals surface area contributed by atoms with E-state index in [1.807, 2.05) is 0 Å². The number of nitrogens with two attached hydrogens (primary N) is 1. The van der Waals surface area contributed by atoms with Crippen LogP contribution in [0.2, 0.25) is 0 Å². The Morgan fingerprint density at radius 2 is 1.81 bits per heavy atom. The maximum Gasteiger partial charge on any atom is 0.237 e. The first-order valence-corrected chi connectivity index (χ1v) is 7.16. The molecule has 0 aromatic heterocycles. The molecule has 0 spiro atoms. The van der Waals surface area contributed by atoms with Gasteiger partial charge in [-0.3, -0.25) is 4.79 Å². The summed E-state index contributed by atoms with van der Waals surface area (Å²) in [6.45, 7) is 0. The lowest BCUT2D eigenvalue weighted by Crippen LogP contribution is -2.27. The summed E-state index contributed by atoms with van der Waals surface area (Å²) in [4.78, 5) is 14.1. The van der Waals surface area contributed by atoms with Crippen molar-refractivity contribution in [3.63, 3.8) is 0 Å². The Kier molecular flexibility index (Phi) is 4.80. The number of halogens is 2. The molecule has 0 atom stereocenters. The van der Waals surface area contributed by atoms with Gasteiger partial charge in [0.2, 0.25) is 5.91 Å². The van der Waals surface area contributed by atoms with Crippen LogP contribution in [0, 0.1) is 11.6 Å². The second-order valence-electron chi connectivity index (χ2n) is 4.41. The monoisotopic (exact) mass is 308 g/mol. The lowest BCUT2D eigenvalue weighted by atomic mass is 10.2. The number of nitrogen functional groups attached to an aromatic ring is 1. The highest BCUT2D eigenvalue weighted by Gasteiger charge is 2.12. The van der Waals surface area contributed by atoms with Crippen molar-refractivity contribution in [1.29, 1.82) is 0 Å². The molecule has 0 unspecified atom stereocenters. The lowest BCUT2D eigenvalue weighted by Gasteiger charge is -2.17. The fourth-order valence-corrected chi connectivity index (χ4v) is 2.49. The maximum absolute atomic E-state index is 13.1. The molecule has 0 heterocycles. The predicted octanol–water partition coefficient (Wildman–Crippen LogP) is 3.30. The molecule has 0 fully saturated rings. The molecule has 110 valence electrons. The van der Waals surface area contributed by atoms with Gasteiger partial charge < -0.3 is 10.6 Å². The zero-order chi connectivity index (χ0) is 15.4. The van der Waals surface area contributed by atoms with Crippen molar-refractivity contribution in [2.45, 2.75) is 4.90 Å². The van der Waals surface area contributed by atoms with Crippen LogP contribution in [0.5, 0.6) is 0 Å². The number of benzene rings is 2. The third-order valence-electron chi connectivity index (χ3n) is 2.91. The normalized spacial score (nSPS) is 10.4. The number of hydrogen-bond donors (Lipinski definition) is 1. The molecule has 2 rings (SSSR count). The topological polar surface area (TPSA) is 46.3 Å². The molecule has 0 aliphatic carbocycles. The van der Waals surface area contributed by atoms with Gasteiger partial charge in [0.15, 0.2) is 11.6 Å². The van der Waals surface area contributed by atoms with E-state index in [-0.39, 0.29) is 11.7 Å². The van der Waals surface area contributed by atoms with Gasteiger partial charge in [0.05, 0.1) is 5.75 Å². The van der Waals surface area contributed by atoms with E-state index >= 15 is 0 Å². The van der Waals surface area contributed by atoms with Crippen LogP contribution < -0.4 is 10.6 Å². The van der Waals surface area contributed by atoms with E-state index in [4.69, 9.17) is 5.73 Å². The summed E-state index contributed by atoms with van der Waals surface area (Å²) in [6, 6.07) is 10.5. The summed E-state index contributed by atoms with van der Waals surface area (Å²) < 4.78 is 25.9. The third kappa shape index (κ3) is 3.95. The Morgan fingerprint density at radius 3 is 2.43 bits per heavy atom. The maximum atomic E-state index is 13.1. The van der Waals surface area contributed by atoms with Gasteiger partial charge in [-0.2, -0.15) is 0 Å². The van der Waals surface area contributed by atoms with Gasteiger partial charge in [-0.15, -0.1) is 11.8 Å². The Labute approximate surface area is 125 Å². The number of thioether (sulfide) groups is 1. The predicted molar refractivity (Wildman–Crippen MR) is 81.3 cm³/mol. The molecule has 6 heteroatoms. The molecule has 0 bridgehead atoms. The largest absolute Gasteiger partial charge is 0.399 e. The summed E-state index contributed by atoms with van der Waals surface area (Å²) in [5, 5.41) is 0. The highest BCUT2D eigenvalue weighted by Crippen LogP contribution is 2.22. The van der Waals surface area contributed by atoms with Crippen LogP contribution in [-0.2, 0) is 4.79 Å². The van der Waals surface area contributed by atoms with Gasteiger partial charge in [-0.05, 0) is 42.5 Å². The quantitative estimate of drug-likeness (QED) is 0.696. The molecule has 0 saturated carbocycles. The van der Waals surface area contributed by atoms with Crippen molar-refractivity contribution < 1.29 is 13.6 Å². The molecule has 2 aromatic rings. The highest BCUT2D eigenvalue weighted by atomic mass is 32.2. The van der Waals surface area contributed by atoms with Crippen LogP contribution in [0.1, 0.15) is 0 Å². The van der Waals surface area contributed by atoms with Crippen LogP contribution in [0.3, 0.4) is 0 Å². The first kappa shape index (κ1) is 15.3. The zero-order valence-electron chi connectivity index (χ0n) is 11.3. The molecule has 2 aromatic carbocycles. The third-order valence-corrected chi connectivity index (χ3v) is 3.89. The summed E-state index contributed by atoms with van der Waals surface area (Å²) in [5.41, 5.74) is 6.93. The van der Waals surface area contributed by atoms with E-state index in [9.17, 15) is 13.6 Å². The number of carbonyl (C=O) groups is 1. The summed E-state index contributed by atoms with van der Waals surface area (Å²) in [7, 11) is 1.65. The number of nitrogens with zero attached hydrogens (tertiary/aromatic N) is 1. The van der Waals surface area contributed by atoms with E-state index in [1.165, 1.54) is 11.0 Å². The van der Waals surface area contributed by atoms with Crippen LogP contribution in [0.4, 0.5) is 20.2 Å². The number of anilines is 2. The van der Waals surface area contributed by atoms with Crippen molar-refractivity contribution in [1.82, 2.24) is 0 Å². The summed E-state index contributed by atoms with van der Waals surface area (Å²) in [6.07, 6.45) is 0. The van der Waals surface area contributed by atoms with Crippen molar-refractivity contribution in [2.75, 3.05) is 23.4 Å². The van der Waals surface area contributed by atoms with Crippen LogP contribution >= 0.6 is 11.8 Å². The second-order valence-corrected chi connectivity index (χ2v) is 5.46. The zero-order valence-corrected chi connectivity index (χ0v) is 12.2. The molecule has 0 aliphatic rings. The number of carbonyl (C=O) groups excluding carboxylic acids is 1. The van der Waals surface area contributed by atoms with Gasteiger partial charge in [-0.25, -0.2) is 8.78 Å². The van der Waals surface area contributed by atoms with E-state index in [0.29, 0.717) is 10.6 Å². The molecule has 0 saturated heterocycles. The van der Waals surface area contributed by atoms with Crippen molar-refractivity contribution in [3.05, 3.63) is 54.1 Å². The Hall–Kier alpha value is -2.08. The fraction of sp³-hybridized carbons (Fsp3) is 0.133. The van der Waals surface area contributed by atoms with Crippen molar-refractivity contribution in [2.24, 2.45) is 0 Å². The van der Waals surface area contributed by atoms with Crippen LogP contribution in [0.25, 0.3) is 0 Å². The molecule has 2 N–H and O–H groups in total. The van der Waals surface area contributed by atoms with E-state index < -0.39 is 11.6 Å². The summed E-state index contributed by atoms with van der Waals surface area (Å²) in [5.74, 6) is -1.83. The minimum atomic E-state index is -0.917. The minimum absolute atomic E-state index is 0.131. The average molecular weight is 308 g/mol. The molecule has 0 aliphatic heterocycles. The Morgan fingerprint density at radius 1 is 1.14 bits per heavy atom. The molecular weight excluding hydrogens is 294 g/mol. The first-order valence-electron chi connectivity index (χ1n) is 6.17. The average Bonchev–Trinajstić information content (AvgIpc) is 2.48. The molecule has 21 heavy (non-hydrogen) atoms. The fourth-order valence-electron chi connectivity index (χ4n) is 1.65. The van der Waals surface area contributed by atoms with Crippen LogP contribution in [0.15, 0.2) is 47.4 Å². The Balaban J connectivity index is 1.97. The molecule has 3 nitrogen and oxygen atoms in total. The van der Waals surface area contributed by atoms with Gasteiger partial charge >= 0.3 is 0 Å². The minimum Gasteiger partial charge on any atom is -0.399 e. The van der Waals surface area contributed by atoms with E-state index in [1.54, 1.807) is 31.3 Å². The number of amides is 1. The summed E-state index contributed by atoms with van der Waals surface area (Å²) >= 11 is 1.15. The van der Waals surface area contributed by atoms with Gasteiger partial charge in [0.1, 0.15) is 0 Å². The number of rotatable bonds is 4. The van der Waals surface area contributed by atoms with Crippen LogP contribution in [-0.4, -0.2) is 18.7 Å². The van der Waals surface area contributed by atoms with E-state index in [2.05, 4.69) is 0 Å². The number of hydrogen-bond acceptors (Lipinski definition) is 3. The standard InChI is InChI=1S/C15H14F2N2OS/c1-19(11-4-2-10(18)3-5-11)15(20)9-21-12-6-7-13(16)14(17)8-12/h2-8H,9,18H2,1H3. The second kappa shape index (κ2) is 6.58. The van der Waals surface area contributed by atoms with Crippen molar-refractivity contribution >= 4 is 29.0 Å². The smallest absolute Gasteiger partial charge is 0.237 e. The SMILES string of the molecule is CN(C(=O)CSc1ccc(F)c(F)c1)c1ccc(N)cc1. The molecular formula is C15H14F2N2OS. The van der Waals surface area contributed by atoms with Gasteiger partial charge in [0, 0.05) is 23.3 Å². The van der Waals surface area contributed by atoms with Gasteiger partial charge in [-0.1, -0.05) is 0 Å². The van der Waals surface area contributed by atoms with E-state index in [0.717, 1.165) is 29.6 Å². The Bertz CT molecular complexity index is 647. The molecule has 0 radical (unpaired) electrons. The van der Waals surface area contributed by atoms with Crippen molar-refractivity contribution in [3.8, 4) is 0 Å². The lowest BCUT2D eigenvalue weighted by molar-refractivity contribution is -0.115. The molecule has 1 amide bonds. The first-order chi connectivity index (χ1) is 9.97.